The highest BCUT2D eigenvalue weighted by molar-refractivity contribution is 5.91. The average molecular weight is 342 g/mol. The summed E-state index contributed by atoms with van der Waals surface area (Å²) in [5.41, 5.74) is 0.491. The topological polar surface area (TPSA) is 68.3 Å². The number of nitrogens with zero attached hydrogens (tertiary/aromatic N) is 1. The van der Waals surface area contributed by atoms with Crippen molar-refractivity contribution in [1.82, 2.24) is 10.5 Å². The van der Waals surface area contributed by atoms with E-state index in [1.165, 1.54) is 6.42 Å². The van der Waals surface area contributed by atoms with E-state index in [2.05, 4.69) is 31.2 Å². The molecule has 2 atom stereocenters. The number of furan rings is 1. The largest absolute Gasteiger partial charge is 0.461 e. The summed E-state index contributed by atoms with van der Waals surface area (Å²) >= 11 is 0. The molecule has 2 heterocycles. The Morgan fingerprint density at radius 1 is 1.28 bits per heavy atom. The van der Waals surface area contributed by atoms with Gasteiger partial charge in [-0.15, -0.1) is 0 Å². The lowest BCUT2D eigenvalue weighted by Crippen LogP contribution is -2.46. The number of carbonyl (C=O) groups excluding carboxylic acids is 1. The molecular formula is C20H26N2O3. The van der Waals surface area contributed by atoms with Crippen molar-refractivity contribution >= 4 is 5.91 Å². The zero-order valence-electron chi connectivity index (χ0n) is 15.2. The predicted molar refractivity (Wildman–Crippen MR) is 93.8 cm³/mol. The number of carbonyl (C=O) groups is 1. The molecule has 2 fully saturated rings. The number of aromatic nitrogens is 1. The van der Waals surface area contributed by atoms with Gasteiger partial charge in [0.25, 0.3) is 0 Å². The Labute approximate surface area is 148 Å². The van der Waals surface area contributed by atoms with E-state index in [4.69, 9.17) is 8.94 Å². The first-order valence-electron chi connectivity index (χ1n) is 9.20. The van der Waals surface area contributed by atoms with Crippen LogP contribution in [0, 0.1) is 11.3 Å². The van der Waals surface area contributed by atoms with Crippen molar-refractivity contribution < 1.29 is 13.7 Å². The summed E-state index contributed by atoms with van der Waals surface area (Å²) in [6.45, 7) is 6.87. The van der Waals surface area contributed by atoms with E-state index < -0.39 is 5.41 Å². The fourth-order valence-electron chi connectivity index (χ4n) is 4.54. The Bertz CT molecular complexity index is 756. The molecule has 2 aliphatic rings. The normalized spacial score (nSPS) is 27.0. The molecule has 4 rings (SSSR count). The Morgan fingerprint density at radius 3 is 2.72 bits per heavy atom. The fraction of sp³-hybridized carbons (Fsp3) is 0.600. The zero-order chi connectivity index (χ0) is 17.7. The zero-order valence-corrected chi connectivity index (χ0v) is 15.2. The Kier molecular flexibility index (Phi) is 3.78. The molecule has 2 unspecified atom stereocenters. The van der Waals surface area contributed by atoms with Crippen LogP contribution in [-0.4, -0.2) is 17.1 Å². The lowest BCUT2D eigenvalue weighted by Gasteiger charge is -2.39. The van der Waals surface area contributed by atoms with Gasteiger partial charge < -0.3 is 14.3 Å². The van der Waals surface area contributed by atoms with Crippen LogP contribution in [0.5, 0.6) is 0 Å². The monoisotopic (exact) mass is 342 g/mol. The van der Waals surface area contributed by atoms with Crippen molar-refractivity contribution in [3.8, 4) is 11.5 Å². The number of rotatable bonds is 4. The van der Waals surface area contributed by atoms with E-state index in [-0.39, 0.29) is 17.4 Å². The van der Waals surface area contributed by atoms with Gasteiger partial charge in [-0.25, -0.2) is 0 Å². The molecule has 2 aromatic rings. The van der Waals surface area contributed by atoms with Crippen LogP contribution in [0.4, 0.5) is 0 Å². The maximum atomic E-state index is 13.0. The number of hydrogen-bond acceptors (Lipinski definition) is 4. The first-order valence-corrected chi connectivity index (χ1v) is 9.20. The molecule has 5 heteroatoms. The lowest BCUT2D eigenvalue weighted by atomic mass is 9.70. The van der Waals surface area contributed by atoms with Crippen molar-refractivity contribution in [1.29, 1.82) is 0 Å². The molecule has 5 nitrogen and oxygen atoms in total. The van der Waals surface area contributed by atoms with Gasteiger partial charge in [0.15, 0.2) is 5.76 Å². The number of nitrogens with one attached hydrogen (secondary N) is 1. The summed E-state index contributed by atoms with van der Waals surface area (Å²) in [4.78, 5) is 13.0. The van der Waals surface area contributed by atoms with Crippen LogP contribution in [-0.2, 0) is 10.2 Å². The quantitative estimate of drug-likeness (QED) is 0.899. The molecule has 1 amide bonds. The van der Waals surface area contributed by atoms with Crippen LogP contribution in [0.15, 0.2) is 33.4 Å². The summed E-state index contributed by atoms with van der Waals surface area (Å²) in [5, 5.41) is 7.47. The van der Waals surface area contributed by atoms with Crippen molar-refractivity contribution in [3.63, 3.8) is 0 Å². The molecule has 2 aliphatic carbocycles. The summed E-state index contributed by atoms with van der Waals surface area (Å²) in [5.74, 6) is 1.95. The standard InChI is InChI=1S/C20H26N2O3/c1-13-9-14(12-19(2,3)11-13)21-18(23)20(6-7-20)17-10-16(25-22-17)15-5-4-8-24-15/h4-5,8,10,13-14H,6-7,9,11-12H2,1-3H3,(H,21,23). The molecule has 0 aliphatic heterocycles. The van der Waals surface area contributed by atoms with E-state index in [1.54, 1.807) is 6.26 Å². The van der Waals surface area contributed by atoms with E-state index in [1.807, 2.05) is 18.2 Å². The molecule has 0 bridgehead atoms. The minimum absolute atomic E-state index is 0.0988. The number of hydrogen-bond donors (Lipinski definition) is 1. The third kappa shape index (κ3) is 3.12. The second-order valence-electron chi connectivity index (χ2n) is 8.72. The van der Waals surface area contributed by atoms with Crippen molar-refractivity contribution in [2.45, 2.75) is 64.3 Å². The van der Waals surface area contributed by atoms with E-state index in [9.17, 15) is 4.79 Å². The van der Waals surface area contributed by atoms with Gasteiger partial charge in [0.1, 0.15) is 0 Å². The summed E-state index contributed by atoms with van der Waals surface area (Å²) < 4.78 is 10.8. The molecule has 1 N–H and O–H groups in total. The van der Waals surface area contributed by atoms with Gasteiger partial charge in [0.2, 0.25) is 11.7 Å². The second kappa shape index (κ2) is 5.75. The SMILES string of the molecule is CC1CC(NC(=O)C2(c3cc(-c4ccco4)on3)CC2)CC(C)(C)C1. The molecular weight excluding hydrogens is 316 g/mol. The maximum Gasteiger partial charge on any atom is 0.232 e. The van der Waals surface area contributed by atoms with Gasteiger partial charge in [-0.1, -0.05) is 25.9 Å². The van der Waals surface area contributed by atoms with Crippen LogP contribution in [0.2, 0.25) is 0 Å². The van der Waals surface area contributed by atoms with Gasteiger partial charge >= 0.3 is 0 Å². The van der Waals surface area contributed by atoms with Gasteiger partial charge in [0, 0.05) is 12.1 Å². The maximum absolute atomic E-state index is 13.0. The molecule has 2 saturated carbocycles. The van der Waals surface area contributed by atoms with Crippen LogP contribution in [0.3, 0.4) is 0 Å². The van der Waals surface area contributed by atoms with Crippen LogP contribution >= 0.6 is 0 Å². The Hall–Kier alpha value is -2.04. The highest BCUT2D eigenvalue weighted by Crippen LogP contribution is 2.49. The van der Waals surface area contributed by atoms with Gasteiger partial charge in [-0.3, -0.25) is 4.79 Å². The van der Waals surface area contributed by atoms with E-state index >= 15 is 0 Å². The second-order valence-corrected chi connectivity index (χ2v) is 8.72. The van der Waals surface area contributed by atoms with Crippen LogP contribution < -0.4 is 5.32 Å². The highest BCUT2D eigenvalue weighted by atomic mass is 16.5. The Balaban J connectivity index is 1.48. The third-order valence-electron chi connectivity index (χ3n) is 5.67. The molecule has 134 valence electrons. The Morgan fingerprint density at radius 2 is 2.08 bits per heavy atom. The smallest absolute Gasteiger partial charge is 0.232 e. The van der Waals surface area contributed by atoms with Crippen molar-refractivity contribution in [2.75, 3.05) is 0 Å². The van der Waals surface area contributed by atoms with E-state index in [0.29, 0.717) is 17.4 Å². The van der Waals surface area contributed by atoms with Gasteiger partial charge in [0.05, 0.1) is 17.4 Å². The first-order chi connectivity index (χ1) is 11.9. The van der Waals surface area contributed by atoms with E-state index in [0.717, 1.165) is 31.4 Å². The number of amides is 1. The van der Waals surface area contributed by atoms with Crippen LogP contribution in [0.25, 0.3) is 11.5 Å². The van der Waals surface area contributed by atoms with Gasteiger partial charge in [-0.05, 0) is 55.6 Å². The van der Waals surface area contributed by atoms with Crippen molar-refractivity contribution in [3.05, 3.63) is 30.2 Å². The molecule has 0 radical (unpaired) electrons. The van der Waals surface area contributed by atoms with Crippen LogP contribution in [0.1, 0.15) is 58.6 Å². The molecule has 0 saturated heterocycles. The molecule has 0 aromatic carbocycles. The van der Waals surface area contributed by atoms with Crippen molar-refractivity contribution in [2.24, 2.45) is 11.3 Å². The molecule has 25 heavy (non-hydrogen) atoms. The molecule has 0 spiro atoms. The fourth-order valence-corrected chi connectivity index (χ4v) is 4.54. The third-order valence-corrected chi connectivity index (χ3v) is 5.67. The predicted octanol–water partition coefficient (Wildman–Crippen LogP) is 4.30. The first kappa shape index (κ1) is 16.4. The summed E-state index contributed by atoms with van der Waals surface area (Å²) in [7, 11) is 0. The average Bonchev–Trinajstić information content (AvgIpc) is 2.96. The molecule has 2 aromatic heterocycles. The highest BCUT2D eigenvalue weighted by Gasteiger charge is 2.54. The summed E-state index contributed by atoms with van der Waals surface area (Å²) in [6, 6.07) is 5.73. The van der Waals surface area contributed by atoms with Gasteiger partial charge in [-0.2, -0.15) is 0 Å². The summed E-state index contributed by atoms with van der Waals surface area (Å²) in [6.07, 6.45) is 6.57. The minimum atomic E-state index is -0.515. The minimum Gasteiger partial charge on any atom is -0.461 e. The lowest BCUT2D eigenvalue weighted by molar-refractivity contribution is -0.125.